The van der Waals surface area contributed by atoms with Gasteiger partial charge in [0.05, 0.1) is 6.10 Å². The molecule has 0 saturated carbocycles. The quantitative estimate of drug-likeness (QED) is 0.718. The number of fused-ring (bicyclic) bond motifs is 2. The molecule has 5 heteroatoms. The smallest absolute Gasteiger partial charge is 0.220 e. The van der Waals surface area contributed by atoms with E-state index < -0.39 is 0 Å². The highest BCUT2D eigenvalue weighted by atomic mass is 35.5. The normalized spacial score (nSPS) is 28.3. The number of hydrogen-bond donors (Lipinski definition) is 2. The van der Waals surface area contributed by atoms with Crippen LogP contribution in [0.1, 0.15) is 59.3 Å². The average molecular weight is 333 g/mol. The number of nitrogens with one attached hydrogen (secondary N) is 2. The van der Waals surface area contributed by atoms with E-state index >= 15 is 0 Å². The number of carbonyl (C=O) groups is 1. The number of rotatable bonds is 8. The van der Waals surface area contributed by atoms with Crippen LogP contribution in [0, 0.1) is 11.8 Å². The Hall–Kier alpha value is -0.320. The molecular weight excluding hydrogens is 300 g/mol. The SMILES string of the molecule is CCOC(CCNC(=O)CC1CC2CCC(C1)N2)C(C)C.Cl. The first-order valence-corrected chi connectivity index (χ1v) is 8.72. The summed E-state index contributed by atoms with van der Waals surface area (Å²) >= 11 is 0. The molecule has 0 aromatic rings. The lowest BCUT2D eigenvalue weighted by atomic mass is 9.89. The van der Waals surface area contributed by atoms with E-state index in [1.165, 1.54) is 25.7 Å². The molecule has 22 heavy (non-hydrogen) atoms. The second kappa shape index (κ2) is 9.74. The van der Waals surface area contributed by atoms with Crippen molar-refractivity contribution in [3.63, 3.8) is 0 Å². The van der Waals surface area contributed by atoms with Crippen molar-refractivity contribution in [2.75, 3.05) is 13.2 Å². The summed E-state index contributed by atoms with van der Waals surface area (Å²) in [5.74, 6) is 1.30. The molecule has 0 spiro atoms. The third-order valence-electron chi connectivity index (χ3n) is 4.92. The Morgan fingerprint density at radius 1 is 1.27 bits per heavy atom. The first kappa shape index (κ1) is 19.7. The minimum absolute atomic E-state index is 0. The van der Waals surface area contributed by atoms with Gasteiger partial charge < -0.3 is 15.4 Å². The lowest BCUT2D eigenvalue weighted by molar-refractivity contribution is -0.122. The second-order valence-corrected chi connectivity index (χ2v) is 7.06. The number of halogens is 1. The van der Waals surface area contributed by atoms with Gasteiger partial charge in [-0.25, -0.2) is 0 Å². The topological polar surface area (TPSA) is 50.4 Å². The molecule has 1 amide bonds. The Balaban J connectivity index is 0.00000242. The highest BCUT2D eigenvalue weighted by molar-refractivity contribution is 5.85. The number of ether oxygens (including phenoxy) is 1. The van der Waals surface area contributed by atoms with Gasteiger partial charge in [-0.05, 0) is 50.9 Å². The van der Waals surface area contributed by atoms with Crippen molar-refractivity contribution in [3.05, 3.63) is 0 Å². The molecule has 130 valence electrons. The third kappa shape index (κ3) is 6.05. The maximum Gasteiger partial charge on any atom is 0.220 e. The number of carbonyl (C=O) groups excluding carboxylic acids is 1. The van der Waals surface area contributed by atoms with E-state index in [1.807, 2.05) is 6.92 Å². The molecule has 0 aliphatic carbocycles. The van der Waals surface area contributed by atoms with Crippen LogP contribution in [0.25, 0.3) is 0 Å². The molecule has 2 bridgehead atoms. The molecule has 2 fully saturated rings. The van der Waals surface area contributed by atoms with E-state index in [4.69, 9.17) is 4.74 Å². The standard InChI is InChI=1S/C17H32N2O2.ClH/c1-4-21-16(12(2)3)7-8-18-17(20)11-13-9-14-5-6-15(10-13)19-14;/h12-16,19H,4-11H2,1-3H3,(H,18,20);1H. The van der Waals surface area contributed by atoms with Crippen LogP contribution in [0.3, 0.4) is 0 Å². The molecule has 4 nitrogen and oxygen atoms in total. The predicted octanol–water partition coefficient (Wildman–Crippen LogP) is 2.90. The molecule has 2 N–H and O–H groups in total. The fourth-order valence-corrected chi connectivity index (χ4v) is 3.85. The highest BCUT2D eigenvalue weighted by Gasteiger charge is 2.34. The molecule has 0 aromatic carbocycles. The third-order valence-corrected chi connectivity index (χ3v) is 4.92. The van der Waals surface area contributed by atoms with Crippen LogP contribution >= 0.6 is 12.4 Å². The molecule has 3 atom stereocenters. The summed E-state index contributed by atoms with van der Waals surface area (Å²) in [7, 11) is 0. The maximum absolute atomic E-state index is 12.1. The lowest BCUT2D eigenvalue weighted by Gasteiger charge is -2.28. The number of piperidine rings is 1. The number of hydrogen-bond acceptors (Lipinski definition) is 3. The molecule has 2 rings (SSSR count). The zero-order valence-corrected chi connectivity index (χ0v) is 15.1. The monoisotopic (exact) mass is 332 g/mol. The van der Waals surface area contributed by atoms with Gasteiger partial charge in [0, 0.05) is 31.7 Å². The number of amides is 1. The minimum Gasteiger partial charge on any atom is -0.378 e. The Bertz CT molecular complexity index is 327. The van der Waals surface area contributed by atoms with E-state index in [2.05, 4.69) is 24.5 Å². The van der Waals surface area contributed by atoms with Crippen LogP contribution in [-0.2, 0) is 9.53 Å². The van der Waals surface area contributed by atoms with Crippen molar-refractivity contribution in [1.82, 2.24) is 10.6 Å². The second-order valence-electron chi connectivity index (χ2n) is 7.06. The summed E-state index contributed by atoms with van der Waals surface area (Å²) in [6.07, 6.45) is 6.82. The maximum atomic E-state index is 12.1. The van der Waals surface area contributed by atoms with Gasteiger partial charge in [-0.2, -0.15) is 0 Å². The van der Waals surface area contributed by atoms with E-state index in [1.54, 1.807) is 0 Å². The van der Waals surface area contributed by atoms with Gasteiger partial charge in [0.1, 0.15) is 0 Å². The van der Waals surface area contributed by atoms with Crippen molar-refractivity contribution >= 4 is 18.3 Å². The predicted molar refractivity (Wildman–Crippen MR) is 92.4 cm³/mol. The van der Waals surface area contributed by atoms with Crippen molar-refractivity contribution in [2.45, 2.75) is 77.5 Å². The van der Waals surface area contributed by atoms with E-state index in [0.717, 1.165) is 19.6 Å². The van der Waals surface area contributed by atoms with E-state index in [-0.39, 0.29) is 24.4 Å². The van der Waals surface area contributed by atoms with Gasteiger partial charge in [0.15, 0.2) is 0 Å². The van der Waals surface area contributed by atoms with Gasteiger partial charge in [-0.1, -0.05) is 13.8 Å². The molecule has 0 radical (unpaired) electrons. The van der Waals surface area contributed by atoms with Gasteiger partial charge in [-0.3, -0.25) is 4.79 Å². The Morgan fingerprint density at radius 2 is 1.91 bits per heavy atom. The van der Waals surface area contributed by atoms with Gasteiger partial charge in [0.25, 0.3) is 0 Å². The average Bonchev–Trinajstić information content (AvgIpc) is 2.76. The zero-order valence-electron chi connectivity index (χ0n) is 14.3. The zero-order chi connectivity index (χ0) is 15.2. The molecule has 2 heterocycles. The van der Waals surface area contributed by atoms with Crippen LogP contribution in [0.15, 0.2) is 0 Å². The first-order valence-electron chi connectivity index (χ1n) is 8.72. The highest BCUT2D eigenvalue weighted by Crippen LogP contribution is 2.32. The summed E-state index contributed by atoms with van der Waals surface area (Å²) in [5.41, 5.74) is 0. The van der Waals surface area contributed by atoms with Gasteiger partial charge in [-0.15, -0.1) is 12.4 Å². The molecule has 2 aliphatic heterocycles. The lowest BCUT2D eigenvalue weighted by Crippen LogP contribution is -2.40. The van der Waals surface area contributed by atoms with Crippen LogP contribution < -0.4 is 10.6 Å². The fraction of sp³-hybridized carbons (Fsp3) is 0.941. The van der Waals surface area contributed by atoms with Crippen LogP contribution in [0.2, 0.25) is 0 Å². The summed E-state index contributed by atoms with van der Waals surface area (Å²) in [4.78, 5) is 12.1. The van der Waals surface area contributed by atoms with Gasteiger partial charge >= 0.3 is 0 Å². The van der Waals surface area contributed by atoms with Crippen molar-refractivity contribution in [1.29, 1.82) is 0 Å². The van der Waals surface area contributed by atoms with Crippen molar-refractivity contribution in [3.8, 4) is 0 Å². The summed E-state index contributed by atoms with van der Waals surface area (Å²) < 4.78 is 5.71. The fourth-order valence-electron chi connectivity index (χ4n) is 3.85. The minimum atomic E-state index is 0. The molecule has 3 unspecified atom stereocenters. The Labute approximate surface area is 141 Å². The van der Waals surface area contributed by atoms with Crippen LogP contribution in [0.4, 0.5) is 0 Å². The first-order chi connectivity index (χ1) is 10.1. The van der Waals surface area contributed by atoms with Crippen LogP contribution in [0.5, 0.6) is 0 Å². The summed E-state index contributed by atoms with van der Waals surface area (Å²) in [6.45, 7) is 7.85. The molecule has 0 aromatic heterocycles. The molecule has 2 saturated heterocycles. The Kier molecular flexibility index (Phi) is 8.73. The molecule has 2 aliphatic rings. The summed E-state index contributed by atoms with van der Waals surface area (Å²) in [5, 5.41) is 6.71. The van der Waals surface area contributed by atoms with E-state index in [0.29, 0.717) is 30.3 Å². The van der Waals surface area contributed by atoms with Crippen molar-refractivity contribution < 1.29 is 9.53 Å². The summed E-state index contributed by atoms with van der Waals surface area (Å²) in [6, 6.07) is 1.34. The Morgan fingerprint density at radius 3 is 2.45 bits per heavy atom. The van der Waals surface area contributed by atoms with Crippen molar-refractivity contribution in [2.24, 2.45) is 11.8 Å². The largest absolute Gasteiger partial charge is 0.378 e. The molecular formula is C17H33ClN2O2. The van der Waals surface area contributed by atoms with Crippen LogP contribution in [-0.4, -0.2) is 37.2 Å². The van der Waals surface area contributed by atoms with Gasteiger partial charge in [0.2, 0.25) is 5.91 Å². The van der Waals surface area contributed by atoms with E-state index in [9.17, 15) is 4.79 Å².